The predicted octanol–water partition coefficient (Wildman–Crippen LogP) is 3.37. The largest absolute Gasteiger partial charge is 0.469 e. The number of amides is 3. The normalized spacial score (nSPS) is 13.0. The number of hydrogen-bond acceptors (Lipinski definition) is 6. The number of nitrogens with zero attached hydrogens (tertiary/aromatic N) is 1. The van der Waals surface area contributed by atoms with Crippen LogP contribution in [0.5, 0.6) is 0 Å². The average Bonchev–Trinajstić information content (AvgIpc) is 3.24. The first-order valence-electron chi connectivity index (χ1n) is 9.48. The number of nitrogens with one attached hydrogen (secondary N) is 3. The Morgan fingerprint density at radius 3 is 2.73 bits per heavy atom. The highest BCUT2D eigenvalue weighted by Gasteiger charge is 2.23. The van der Waals surface area contributed by atoms with Crippen molar-refractivity contribution in [2.45, 2.75) is 32.2 Å². The van der Waals surface area contributed by atoms with Crippen LogP contribution in [0.2, 0.25) is 0 Å². The molecule has 1 saturated carbocycles. The zero-order valence-electron chi connectivity index (χ0n) is 16.2. The van der Waals surface area contributed by atoms with Gasteiger partial charge in [-0.05, 0) is 44.0 Å². The number of thiazole rings is 1. The van der Waals surface area contributed by atoms with Crippen LogP contribution in [0.3, 0.4) is 0 Å². The summed E-state index contributed by atoms with van der Waals surface area (Å²) in [6.07, 6.45) is 3.53. The first-order chi connectivity index (χ1) is 14.5. The average molecular weight is 424 g/mol. The lowest BCUT2D eigenvalue weighted by Gasteiger charge is -2.07. The molecule has 4 rings (SSSR count). The van der Waals surface area contributed by atoms with Crippen molar-refractivity contribution in [3.8, 4) is 0 Å². The molecular formula is C21H20N4O4S. The topological polar surface area (TPSA) is 113 Å². The molecule has 0 aliphatic heterocycles. The molecule has 1 fully saturated rings. The van der Waals surface area contributed by atoms with E-state index in [0.29, 0.717) is 33.4 Å². The number of benzene rings is 1. The third kappa shape index (κ3) is 4.93. The fourth-order valence-electron chi connectivity index (χ4n) is 2.83. The van der Waals surface area contributed by atoms with Crippen LogP contribution >= 0.6 is 11.3 Å². The second-order valence-corrected chi connectivity index (χ2v) is 7.90. The van der Waals surface area contributed by atoms with Gasteiger partial charge in [0.05, 0.1) is 23.9 Å². The van der Waals surface area contributed by atoms with E-state index in [-0.39, 0.29) is 30.2 Å². The third-order valence-corrected chi connectivity index (χ3v) is 5.34. The van der Waals surface area contributed by atoms with Gasteiger partial charge in [-0.3, -0.25) is 19.7 Å². The number of furan rings is 1. The number of hydrogen-bond donors (Lipinski definition) is 3. The number of carbonyl (C=O) groups excluding carboxylic acids is 3. The molecule has 1 aliphatic carbocycles. The lowest BCUT2D eigenvalue weighted by atomic mass is 10.2. The standard InChI is InChI=1S/C21H20N4O4S/c1-12-17(7-8-29-12)20(28)25-21-24-16(11-30-21)10-18(26)22-15-4-2-3-13(9-15)19(27)23-14-5-6-14/h2-4,7-9,11,14H,5-6,10H2,1H3,(H,22,26)(H,23,27)(H,24,25,28). The Labute approximate surface area is 176 Å². The van der Waals surface area contributed by atoms with Gasteiger partial charge in [0.15, 0.2) is 5.13 Å². The van der Waals surface area contributed by atoms with Crippen LogP contribution in [-0.4, -0.2) is 28.7 Å². The van der Waals surface area contributed by atoms with Crippen molar-refractivity contribution < 1.29 is 18.8 Å². The fourth-order valence-corrected chi connectivity index (χ4v) is 3.54. The van der Waals surface area contributed by atoms with Gasteiger partial charge in [0, 0.05) is 22.7 Å². The van der Waals surface area contributed by atoms with Crippen molar-refractivity contribution in [2.75, 3.05) is 10.6 Å². The summed E-state index contributed by atoms with van der Waals surface area (Å²) in [6, 6.07) is 8.68. The van der Waals surface area contributed by atoms with Gasteiger partial charge in [-0.25, -0.2) is 4.98 Å². The summed E-state index contributed by atoms with van der Waals surface area (Å²) in [4.78, 5) is 41.0. The van der Waals surface area contributed by atoms with E-state index in [1.165, 1.54) is 17.6 Å². The summed E-state index contributed by atoms with van der Waals surface area (Å²) in [5.74, 6) is -0.186. The van der Waals surface area contributed by atoms with E-state index in [1.54, 1.807) is 42.6 Å². The summed E-state index contributed by atoms with van der Waals surface area (Å²) >= 11 is 1.24. The van der Waals surface area contributed by atoms with E-state index in [4.69, 9.17) is 4.42 Å². The van der Waals surface area contributed by atoms with Crippen LogP contribution in [-0.2, 0) is 11.2 Å². The monoisotopic (exact) mass is 424 g/mol. The Bertz CT molecular complexity index is 1100. The van der Waals surface area contributed by atoms with Crippen molar-refractivity contribution in [2.24, 2.45) is 0 Å². The molecule has 0 spiro atoms. The highest BCUT2D eigenvalue weighted by Crippen LogP contribution is 2.21. The summed E-state index contributed by atoms with van der Waals surface area (Å²) in [6.45, 7) is 1.71. The second kappa shape index (κ2) is 8.50. The maximum absolute atomic E-state index is 12.4. The molecule has 30 heavy (non-hydrogen) atoms. The molecule has 3 N–H and O–H groups in total. The molecule has 154 valence electrons. The van der Waals surface area contributed by atoms with Gasteiger partial charge in [0.25, 0.3) is 11.8 Å². The maximum Gasteiger partial charge on any atom is 0.260 e. The van der Waals surface area contributed by atoms with E-state index < -0.39 is 0 Å². The zero-order chi connectivity index (χ0) is 21.1. The molecule has 2 aromatic heterocycles. The Kier molecular flexibility index (Phi) is 5.62. The molecule has 0 bridgehead atoms. The van der Waals surface area contributed by atoms with Gasteiger partial charge >= 0.3 is 0 Å². The summed E-state index contributed by atoms with van der Waals surface area (Å²) < 4.78 is 5.13. The molecule has 2 heterocycles. The van der Waals surface area contributed by atoms with Crippen molar-refractivity contribution >= 4 is 39.9 Å². The molecular weight excluding hydrogens is 404 g/mol. The Hall–Kier alpha value is -3.46. The lowest BCUT2D eigenvalue weighted by molar-refractivity contribution is -0.115. The van der Waals surface area contributed by atoms with Gasteiger partial charge in [-0.2, -0.15) is 0 Å². The number of aryl methyl sites for hydroxylation is 1. The van der Waals surface area contributed by atoms with Gasteiger partial charge in [0.2, 0.25) is 5.91 Å². The van der Waals surface area contributed by atoms with E-state index in [0.717, 1.165) is 12.8 Å². The van der Waals surface area contributed by atoms with Crippen LogP contribution in [0, 0.1) is 6.92 Å². The first-order valence-corrected chi connectivity index (χ1v) is 10.4. The third-order valence-electron chi connectivity index (χ3n) is 4.54. The molecule has 0 saturated heterocycles. The van der Waals surface area contributed by atoms with Crippen molar-refractivity contribution in [3.05, 3.63) is 64.6 Å². The first kappa shape index (κ1) is 19.8. The van der Waals surface area contributed by atoms with Crippen molar-refractivity contribution in [3.63, 3.8) is 0 Å². The molecule has 8 nitrogen and oxygen atoms in total. The minimum Gasteiger partial charge on any atom is -0.469 e. The van der Waals surface area contributed by atoms with E-state index in [2.05, 4.69) is 20.9 Å². The van der Waals surface area contributed by atoms with Gasteiger partial charge in [-0.15, -0.1) is 11.3 Å². The van der Waals surface area contributed by atoms with Crippen molar-refractivity contribution in [1.82, 2.24) is 10.3 Å². The van der Waals surface area contributed by atoms with Gasteiger partial charge in [-0.1, -0.05) is 6.07 Å². The van der Waals surface area contributed by atoms with E-state index in [9.17, 15) is 14.4 Å². The molecule has 3 aromatic rings. The summed E-state index contributed by atoms with van der Waals surface area (Å²) in [7, 11) is 0. The number of carbonyl (C=O) groups is 3. The maximum atomic E-state index is 12.4. The molecule has 1 aliphatic rings. The molecule has 0 radical (unpaired) electrons. The van der Waals surface area contributed by atoms with Gasteiger partial charge < -0.3 is 15.1 Å². The number of aromatic nitrogens is 1. The van der Waals surface area contributed by atoms with Crippen LogP contribution in [0.1, 0.15) is 45.0 Å². The number of rotatable bonds is 7. The SMILES string of the molecule is Cc1occc1C(=O)Nc1nc(CC(=O)Nc2cccc(C(=O)NC3CC3)c2)cs1. The Balaban J connectivity index is 1.33. The summed E-state index contributed by atoms with van der Waals surface area (Å²) in [5, 5.41) is 10.5. The van der Waals surface area contributed by atoms with E-state index in [1.807, 2.05) is 0 Å². The Morgan fingerprint density at radius 2 is 2.00 bits per heavy atom. The quantitative estimate of drug-likeness (QED) is 0.538. The molecule has 0 unspecified atom stereocenters. The fraction of sp³-hybridized carbons (Fsp3) is 0.238. The molecule has 0 atom stereocenters. The second-order valence-electron chi connectivity index (χ2n) is 7.04. The molecule has 3 amide bonds. The minimum atomic E-state index is -0.312. The van der Waals surface area contributed by atoms with Crippen LogP contribution in [0.4, 0.5) is 10.8 Å². The highest BCUT2D eigenvalue weighted by molar-refractivity contribution is 7.14. The molecule has 1 aromatic carbocycles. The smallest absolute Gasteiger partial charge is 0.260 e. The van der Waals surface area contributed by atoms with Crippen molar-refractivity contribution in [1.29, 1.82) is 0 Å². The number of anilines is 2. The Morgan fingerprint density at radius 1 is 1.17 bits per heavy atom. The predicted molar refractivity (Wildman–Crippen MR) is 113 cm³/mol. The van der Waals surface area contributed by atoms with Crippen LogP contribution in [0.25, 0.3) is 0 Å². The lowest BCUT2D eigenvalue weighted by Crippen LogP contribution is -2.25. The van der Waals surface area contributed by atoms with Crippen LogP contribution < -0.4 is 16.0 Å². The van der Waals surface area contributed by atoms with Gasteiger partial charge in [0.1, 0.15) is 5.76 Å². The zero-order valence-corrected chi connectivity index (χ0v) is 17.0. The highest BCUT2D eigenvalue weighted by atomic mass is 32.1. The minimum absolute atomic E-state index is 0.0512. The summed E-state index contributed by atoms with van der Waals surface area (Å²) in [5.41, 5.74) is 2.03. The van der Waals surface area contributed by atoms with Crippen LogP contribution in [0.15, 0.2) is 46.4 Å². The van der Waals surface area contributed by atoms with E-state index >= 15 is 0 Å². The molecule has 9 heteroatoms.